The molecule has 1 atom stereocenters. The Morgan fingerprint density at radius 1 is 1.22 bits per heavy atom. The van der Waals surface area contributed by atoms with Crippen LogP contribution in [0.4, 0.5) is 11.4 Å². The van der Waals surface area contributed by atoms with E-state index in [-0.39, 0.29) is 16.9 Å². The van der Waals surface area contributed by atoms with Gasteiger partial charge in [-0.05, 0) is 35.6 Å². The minimum Gasteiger partial charge on any atom is -0.319 e. The molecule has 0 bridgehead atoms. The van der Waals surface area contributed by atoms with Gasteiger partial charge in [-0.25, -0.2) is 4.98 Å². The quantitative estimate of drug-likeness (QED) is 0.191. The molecular weight excluding hydrogens is 448 g/mol. The van der Waals surface area contributed by atoms with E-state index in [9.17, 15) is 19.7 Å². The number of nitrogens with one attached hydrogen (secondary N) is 1. The Morgan fingerprint density at radius 3 is 2.69 bits per heavy atom. The number of aryl methyl sites for hydroxylation is 1. The second-order valence-corrected chi connectivity index (χ2v) is 9.06. The molecule has 2 aromatic heterocycles. The molecule has 8 nitrogen and oxygen atoms in total. The topological polar surface area (TPSA) is 107 Å². The lowest BCUT2D eigenvalue weighted by Gasteiger charge is -2.18. The van der Waals surface area contributed by atoms with Crippen LogP contribution in [0.1, 0.15) is 16.4 Å². The standard InChI is InChI=1S/C22H18N4O4S2/c1-13-8-9-15(17(12-13)26(29)30)23-20(27)18(14-6-4-3-5-7-14)32-22-24-16-10-11-31-19(16)21(28)25(22)2/h3-12,18H,1-2H3,(H,23,27). The number of carbonyl (C=O) groups is 1. The zero-order chi connectivity index (χ0) is 22.8. The summed E-state index contributed by atoms with van der Waals surface area (Å²) in [5, 5.41) is 15.5. The summed E-state index contributed by atoms with van der Waals surface area (Å²) in [6, 6.07) is 15.4. The molecule has 0 saturated carbocycles. The van der Waals surface area contributed by atoms with Crippen molar-refractivity contribution in [2.24, 2.45) is 7.05 Å². The van der Waals surface area contributed by atoms with Crippen molar-refractivity contribution in [3.63, 3.8) is 0 Å². The third-order valence-electron chi connectivity index (χ3n) is 4.82. The Labute approximate surface area is 191 Å². The molecule has 10 heteroatoms. The summed E-state index contributed by atoms with van der Waals surface area (Å²) >= 11 is 2.44. The van der Waals surface area contributed by atoms with Gasteiger partial charge in [0.2, 0.25) is 5.91 Å². The van der Waals surface area contributed by atoms with Crippen molar-refractivity contribution in [1.29, 1.82) is 0 Å². The van der Waals surface area contributed by atoms with Gasteiger partial charge in [0.25, 0.3) is 11.2 Å². The van der Waals surface area contributed by atoms with E-state index in [1.165, 1.54) is 28.0 Å². The number of amides is 1. The maximum absolute atomic E-state index is 13.3. The lowest BCUT2D eigenvalue weighted by atomic mass is 10.1. The average Bonchev–Trinajstić information content (AvgIpc) is 3.25. The van der Waals surface area contributed by atoms with Gasteiger partial charge in [-0.15, -0.1) is 11.3 Å². The van der Waals surface area contributed by atoms with Crippen LogP contribution >= 0.6 is 23.1 Å². The number of aromatic nitrogens is 2. The molecular formula is C22H18N4O4S2. The van der Waals surface area contributed by atoms with Gasteiger partial charge in [0.15, 0.2) is 5.16 Å². The van der Waals surface area contributed by atoms with Crippen LogP contribution in [0.2, 0.25) is 0 Å². The number of nitrogens with zero attached hydrogens (tertiary/aromatic N) is 3. The fraction of sp³-hybridized carbons (Fsp3) is 0.136. The van der Waals surface area contributed by atoms with Crippen LogP contribution in [0.25, 0.3) is 10.2 Å². The van der Waals surface area contributed by atoms with Crippen LogP contribution in [0.5, 0.6) is 0 Å². The number of benzene rings is 2. The van der Waals surface area contributed by atoms with Crippen molar-refractivity contribution in [3.8, 4) is 0 Å². The van der Waals surface area contributed by atoms with E-state index < -0.39 is 16.1 Å². The molecule has 0 saturated heterocycles. The number of nitro groups is 1. The van der Waals surface area contributed by atoms with Crippen LogP contribution < -0.4 is 10.9 Å². The van der Waals surface area contributed by atoms with E-state index in [1.54, 1.807) is 55.7 Å². The zero-order valence-corrected chi connectivity index (χ0v) is 18.8. The molecule has 0 aliphatic carbocycles. The SMILES string of the molecule is Cc1ccc(NC(=O)C(Sc2nc3ccsc3c(=O)n2C)c2ccccc2)c([N+](=O)[O-])c1. The van der Waals surface area contributed by atoms with Gasteiger partial charge in [0.1, 0.15) is 15.6 Å². The van der Waals surface area contributed by atoms with Gasteiger partial charge >= 0.3 is 0 Å². The number of rotatable bonds is 6. The largest absolute Gasteiger partial charge is 0.319 e. The first kappa shape index (κ1) is 21.7. The highest BCUT2D eigenvalue weighted by molar-refractivity contribution is 8.00. The maximum atomic E-state index is 13.3. The van der Waals surface area contributed by atoms with Gasteiger partial charge in [-0.1, -0.05) is 48.2 Å². The Morgan fingerprint density at radius 2 is 1.97 bits per heavy atom. The summed E-state index contributed by atoms with van der Waals surface area (Å²) < 4.78 is 1.97. The highest BCUT2D eigenvalue weighted by Gasteiger charge is 2.27. The van der Waals surface area contributed by atoms with E-state index in [0.717, 1.165) is 11.8 Å². The lowest BCUT2D eigenvalue weighted by molar-refractivity contribution is -0.384. The third-order valence-corrected chi connectivity index (χ3v) is 7.01. The van der Waals surface area contributed by atoms with Crippen molar-refractivity contribution >= 4 is 50.6 Å². The molecule has 32 heavy (non-hydrogen) atoms. The van der Waals surface area contributed by atoms with E-state index in [2.05, 4.69) is 10.3 Å². The number of thioether (sulfide) groups is 1. The van der Waals surface area contributed by atoms with Gasteiger partial charge in [-0.2, -0.15) is 0 Å². The number of carbonyl (C=O) groups excluding carboxylic acids is 1. The van der Waals surface area contributed by atoms with Gasteiger partial charge in [0, 0.05) is 13.1 Å². The van der Waals surface area contributed by atoms with Crippen molar-refractivity contribution in [2.75, 3.05) is 5.32 Å². The molecule has 1 N–H and O–H groups in total. The van der Waals surface area contributed by atoms with Crippen LogP contribution in [-0.2, 0) is 11.8 Å². The number of hydrogen-bond acceptors (Lipinski definition) is 7. The highest BCUT2D eigenvalue weighted by Crippen LogP contribution is 2.36. The smallest absolute Gasteiger partial charge is 0.293 e. The third kappa shape index (κ3) is 4.27. The highest BCUT2D eigenvalue weighted by atomic mass is 32.2. The van der Waals surface area contributed by atoms with Crippen LogP contribution in [0, 0.1) is 17.0 Å². The van der Waals surface area contributed by atoms with Crippen molar-refractivity contribution < 1.29 is 9.72 Å². The minimum atomic E-state index is -0.786. The Bertz CT molecular complexity index is 1380. The van der Waals surface area contributed by atoms with E-state index in [1.807, 2.05) is 6.07 Å². The maximum Gasteiger partial charge on any atom is 0.293 e. The molecule has 2 heterocycles. The average molecular weight is 467 g/mol. The fourth-order valence-corrected chi connectivity index (χ4v) is 5.04. The molecule has 1 unspecified atom stereocenters. The molecule has 0 spiro atoms. The summed E-state index contributed by atoms with van der Waals surface area (Å²) in [5.41, 5.74) is 1.72. The molecule has 4 aromatic rings. The lowest BCUT2D eigenvalue weighted by Crippen LogP contribution is -2.23. The number of anilines is 1. The van der Waals surface area contributed by atoms with E-state index in [4.69, 9.17) is 0 Å². The minimum absolute atomic E-state index is 0.113. The predicted molar refractivity (Wildman–Crippen MR) is 126 cm³/mol. The second kappa shape index (κ2) is 8.93. The fourth-order valence-electron chi connectivity index (χ4n) is 3.18. The summed E-state index contributed by atoms with van der Waals surface area (Å²) in [6.45, 7) is 1.74. The zero-order valence-electron chi connectivity index (χ0n) is 17.1. The first-order valence-corrected chi connectivity index (χ1v) is 11.3. The second-order valence-electron chi connectivity index (χ2n) is 7.07. The van der Waals surface area contributed by atoms with E-state index >= 15 is 0 Å². The number of thiophene rings is 1. The molecule has 0 radical (unpaired) electrons. The van der Waals surface area contributed by atoms with Gasteiger partial charge in [0.05, 0.1) is 10.4 Å². The van der Waals surface area contributed by atoms with Gasteiger partial charge in [-0.3, -0.25) is 24.3 Å². The van der Waals surface area contributed by atoms with Crippen LogP contribution in [0.15, 0.2) is 69.9 Å². The van der Waals surface area contributed by atoms with Crippen molar-refractivity contribution in [3.05, 3.63) is 91.6 Å². The summed E-state index contributed by atoms with van der Waals surface area (Å²) in [4.78, 5) is 41.5. The number of hydrogen-bond donors (Lipinski definition) is 1. The Kier molecular flexibility index (Phi) is 6.06. The first-order valence-electron chi connectivity index (χ1n) is 9.57. The van der Waals surface area contributed by atoms with Crippen LogP contribution in [0.3, 0.4) is 0 Å². The molecule has 162 valence electrons. The molecule has 0 aliphatic heterocycles. The molecule has 0 aliphatic rings. The summed E-state index contributed by atoms with van der Waals surface area (Å²) in [5.74, 6) is -0.451. The normalized spacial score (nSPS) is 11.9. The first-order chi connectivity index (χ1) is 15.3. The van der Waals surface area contributed by atoms with Crippen molar-refractivity contribution in [1.82, 2.24) is 9.55 Å². The molecule has 2 aromatic carbocycles. The molecule has 0 fully saturated rings. The summed E-state index contributed by atoms with van der Waals surface area (Å²) in [6.07, 6.45) is 0. The van der Waals surface area contributed by atoms with Gasteiger partial charge < -0.3 is 5.32 Å². The number of fused-ring (bicyclic) bond motifs is 1. The Hall–Kier alpha value is -3.50. The molecule has 4 rings (SSSR count). The monoisotopic (exact) mass is 466 g/mol. The summed E-state index contributed by atoms with van der Waals surface area (Å²) in [7, 11) is 1.61. The van der Waals surface area contributed by atoms with Crippen LogP contribution in [-0.4, -0.2) is 20.4 Å². The van der Waals surface area contributed by atoms with E-state index in [0.29, 0.717) is 26.5 Å². The molecule has 1 amide bonds. The predicted octanol–water partition coefficient (Wildman–Crippen LogP) is 4.68. The Balaban J connectivity index is 1.73. The van der Waals surface area contributed by atoms with Crippen molar-refractivity contribution in [2.45, 2.75) is 17.3 Å². The number of nitro benzene ring substituents is 1.